The van der Waals surface area contributed by atoms with Crippen molar-refractivity contribution < 1.29 is 9.53 Å². The fourth-order valence-corrected chi connectivity index (χ4v) is 3.55. The molecule has 0 spiro atoms. The van der Waals surface area contributed by atoms with Crippen molar-refractivity contribution in [1.29, 1.82) is 0 Å². The molecule has 2 aliphatic rings. The maximum Gasteiger partial charge on any atom is 0.309 e. The van der Waals surface area contributed by atoms with Gasteiger partial charge in [-0.15, -0.1) is 0 Å². The van der Waals surface area contributed by atoms with Crippen molar-refractivity contribution >= 4 is 5.97 Å². The Morgan fingerprint density at radius 2 is 1.94 bits per heavy atom. The summed E-state index contributed by atoms with van der Waals surface area (Å²) in [7, 11) is 0. The zero-order valence-corrected chi connectivity index (χ0v) is 11.1. The van der Waals surface area contributed by atoms with E-state index < -0.39 is 0 Å². The van der Waals surface area contributed by atoms with Gasteiger partial charge in [-0.2, -0.15) is 0 Å². The van der Waals surface area contributed by atoms with E-state index in [1.165, 1.54) is 51.4 Å². The molecular weight excluding hydrogens is 212 g/mol. The minimum Gasteiger partial charge on any atom is -0.465 e. The number of carbonyl (C=O) groups excluding carboxylic acids is 1. The predicted molar refractivity (Wildman–Crippen MR) is 68.7 cm³/mol. The van der Waals surface area contributed by atoms with Crippen LogP contribution >= 0.6 is 0 Å². The van der Waals surface area contributed by atoms with Gasteiger partial charge in [0.1, 0.15) is 0 Å². The van der Waals surface area contributed by atoms with Crippen molar-refractivity contribution in [2.45, 2.75) is 64.7 Å². The van der Waals surface area contributed by atoms with Gasteiger partial charge in [-0.25, -0.2) is 0 Å². The number of ether oxygens (including phenoxy) is 1. The van der Waals surface area contributed by atoms with Crippen molar-refractivity contribution in [2.75, 3.05) is 6.61 Å². The van der Waals surface area contributed by atoms with Crippen LogP contribution in [0.5, 0.6) is 0 Å². The quantitative estimate of drug-likeness (QED) is 0.535. The smallest absolute Gasteiger partial charge is 0.309 e. The highest BCUT2D eigenvalue weighted by atomic mass is 16.5. The number of carbonyl (C=O) groups is 1. The largest absolute Gasteiger partial charge is 0.465 e. The molecule has 2 atom stereocenters. The van der Waals surface area contributed by atoms with E-state index in [9.17, 15) is 4.79 Å². The number of esters is 1. The summed E-state index contributed by atoms with van der Waals surface area (Å²) in [6.07, 6.45) is 11.5. The average molecular weight is 238 g/mol. The van der Waals surface area contributed by atoms with E-state index in [1.807, 2.05) is 0 Å². The van der Waals surface area contributed by atoms with Crippen molar-refractivity contribution in [3.05, 3.63) is 0 Å². The zero-order valence-electron chi connectivity index (χ0n) is 11.1. The zero-order chi connectivity index (χ0) is 12.1. The van der Waals surface area contributed by atoms with Gasteiger partial charge in [0.25, 0.3) is 0 Å². The second kappa shape index (κ2) is 6.42. The lowest BCUT2D eigenvalue weighted by Crippen LogP contribution is -2.25. The van der Waals surface area contributed by atoms with Gasteiger partial charge >= 0.3 is 5.97 Å². The molecule has 0 bridgehead atoms. The maximum atomic E-state index is 11.8. The highest BCUT2D eigenvalue weighted by molar-refractivity contribution is 5.74. The van der Waals surface area contributed by atoms with Crippen LogP contribution in [0.15, 0.2) is 0 Å². The molecule has 0 radical (unpaired) electrons. The molecule has 0 N–H and O–H groups in total. The van der Waals surface area contributed by atoms with Crippen molar-refractivity contribution in [1.82, 2.24) is 0 Å². The number of cyclic esters (lactones) is 1. The predicted octanol–water partition coefficient (Wildman–Crippen LogP) is 3.94. The molecule has 98 valence electrons. The second-order valence-corrected chi connectivity index (χ2v) is 5.79. The van der Waals surface area contributed by atoms with Crippen LogP contribution in [0.1, 0.15) is 64.7 Å². The Balaban J connectivity index is 1.87. The summed E-state index contributed by atoms with van der Waals surface area (Å²) in [4.78, 5) is 11.8. The molecule has 2 heteroatoms. The molecule has 1 aliphatic heterocycles. The molecule has 2 fully saturated rings. The van der Waals surface area contributed by atoms with Gasteiger partial charge in [-0.3, -0.25) is 4.79 Å². The van der Waals surface area contributed by atoms with Crippen LogP contribution in [0.3, 0.4) is 0 Å². The lowest BCUT2D eigenvalue weighted by molar-refractivity contribution is -0.141. The second-order valence-electron chi connectivity index (χ2n) is 5.79. The minimum absolute atomic E-state index is 0.0941. The lowest BCUT2D eigenvalue weighted by atomic mass is 9.74. The fourth-order valence-electron chi connectivity index (χ4n) is 3.55. The molecule has 2 rings (SSSR count). The van der Waals surface area contributed by atoms with E-state index >= 15 is 0 Å². The summed E-state index contributed by atoms with van der Waals surface area (Å²) in [5.41, 5.74) is 0. The van der Waals surface area contributed by atoms with Crippen molar-refractivity contribution in [3.63, 3.8) is 0 Å². The third kappa shape index (κ3) is 3.23. The van der Waals surface area contributed by atoms with Gasteiger partial charge in [0.05, 0.1) is 12.5 Å². The van der Waals surface area contributed by atoms with E-state index in [2.05, 4.69) is 6.92 Å². The Labute approximate surface area is 105 Å². The molecule has 1 saturated carbocycles. The SMILES string of the molecule is CCCCC[C@@H]1C(=O)OC[C@@H]1C1CCCCC1. The van der Waals surface area contributed by atoms with E-state index in [-0.39, 0.29) is 11.9 Å². The van der Waals surface area contributed by atoms with E-state index in [0.29, 0.717) is 12.5 Å². The third-order valence-electron chi connectivity index (χ3n) is 4.61. The van der Waals surface area contributed by atoms with Gasteiger partial charge in [0.15, 0.2) is 0 Å². The molecule has 0 aromatic rings. The minimum atomic E-state index is 0.0941. The first kappa shape index (κ1) is 12.9. The highest BCUT2D eigenvalue weighted by Crippen LogP contribution is 2.39. The number of unbranched alkanes of at least 4 members (excludes halogenated alkanes) is 2. The van der Waals surface area contributed by atoms with Crippen LogP contribution in [0, 0.1) is 17.8 Å². The van der Waals surface area contributed by atoms with Gasteiger partial charge in [0, 0.05) is 5.92 Å². The standard InChI is InChI=1S/C15H26O2/c1-2-3-5-10-13-14(11-17-15(13)16)12-8-6-4-7-9-12/h12-14H,2-11H2,1H3/t13-,14+/m0/s1. The van der Waals surface area contributed by atoms with Crippen LogP contribution in [0.4, 0.5) is 0 Å². The Morgan fingerprint density at radius 1 is 1.18 bits per heavy atom. The molecule has 1 saturated heterocycles. The fraction of sp³-hybridized carbons (Fsp3) is 0.933. The molecular formula is C15H26O2. The molecule has 1 heterocycles. The summed E-state index contributed by atoms with van der Waals surface area (Å²) < 4.78 is 5.32. The van der Waals surface area contributed by atoms with E-state index in [4.69, 9.17) is 4.74 Å². The normalized spacial score (nSPS) is 30.5. The summed E-state index contributed by atoms with van der Waals surface area (Å²) in [5.74, 6) is 1.63. The van der Waals surface area contributed by atoms with Crippen LogP contribution < -0.4 is 0 Å². The maximum absolute atomic E-state index is 11.8. The summed E-state index contributed by atoms with van der Waals surface area (Å²) in [6, 6.07) is 0. The summed E-state index contributed by atoms with van der Waals surface area (Å²) in [6.45, 7) is 2.92. The Kier molecular flexibility index (Phi) is 4.87. The molecule has 0 amide bonds. The first-order valence-corrected chi connectivity index (χ1v) is 7.49. The topological polar surface area (TPSA) is 26.3 Å². The molecule has 2 nitrogen and oxygen atoms in total. The van der Waals surface area contributed by atoms with E-state index in [0.717, 1.165) is 12.3 Å². The van der Waals surface area contributed by atoms with E-state index in [1.54, 1.807) is 0 Å². The van der Waals surface area contributed by atoms with Crippen molar-refractivity contribution in [2.24, 2.45) is 17.8 Å². The number of rotatable bonds is 5. The van der Waals surface area contributed by atoms with Gasteiger partial charge in [-0.05, 0) is 12.3 Å². The first-order chi connectivity index (χ1) is 8.33. The summed E-state index contributed by atoms with van der Waals surface area (Å²) >= 11 is 0. The summed E-state index contributed by atoms with van der Waals surface area (Å²) in [5, 5.41) is 0. The van der Waals surface area contributed by atoms with Crippen LogP contribution in [-0.2, 0) is 9.53 Å². The van der Waals surface area contributed by atoms with Crippen molar-refractivity contribution in [3.8, 4) is 0 Å². The van der Waals surface area contributed by atoms with Crippen LogP contribution in [-0.4, -0.2) is 12.6 Å². The Morgan fingerprint density at radius 3 is 2.65 bits per heavy atom. The first-order valence-electron chi connectivity index (χ1n) is 7.49. The van der Waals surface area contributed by atoms with Gasteiger partial charge in [-0.1, -0.05) is 58.3 Å². The molecule has 17 heavy (non-hydrogen) atoms. The molecule has 0 unspecified atom stereocenters. The number of hydrogen-bond donors (Lipinski definition) is 0. The van der Waals surface area contributed by atoms with Crippen LogP contribution in [0.2, 0.25) is 0 Å². The highest BCUT2D eigenvalue weighted by Gasteiger charge is 2.40. The molecule has 0 aromatic heterocycles. The molecule has 0 aromatic carbocycles. The monoisotopic (exact) mass is 238 g/mol. The Bertz CT molecular complexity index is 243. The Hall–Kier alpha value is -0.530. The third-order valence-corrected chi connectivity index (χ3v) is 4.61. The number of hydrogen-bond acceptors (Lipinski definition) is 2. The lowest BCUT2D eigenvalue weighted by Gasteiger charge is -2.28. The average Bonchev–Trinajstić information content (AvgIpc) is 2.73. The van der Waals surface area contributed by atoms with Crippen LogP contribution in [0.25, 0.3) is 0 Å². The van der Waals surface area contributed by atoms with Gasteiger partial charge < -0.3 is 4.74 Å². The molecule has 1 aliphatic carbocycles. The van der Waals surface area contributed by atoms with Gasteiger partial charge in [0.2, 0.25) is 0 Å².